The summed E-state index contributed by atoms with van der Waals surface area (Å²) < 4.78 is 16.3. The summed E-state index contributed by atoms with van der Waals surface area (Å²) in [7, 11) is 3.12. The van der Waals surface area contributed by atoms with E-state index in [4.69, 9.17) is 25.8 Å². The molecule has 0 spiro atoms. The van der Waals surface area contributed by atoms with Gasteiger partial charge in [0, 0.05) is 30.0 Å². The van der Waals surface area contributed by atoms with Gasteiger partial charge in [0.25, 0.3) is 0 Å². The Kier molecular flexibility index (Phi) is 5.13. The maximum absolute atomic E-state index is 12.3. The first-order chi connectivity index (χ1) is 12.5. The fourth-order valence-corrected chi connectivity index (χ4v) is 3.40. The maximum Gasteiger partial charge on any atom is 0.225 e. The van der Waals surface area contributed by atoms with E-state index in [-0.39, 0.29) is 34.8 Å². The first kappa shape index (κ1) is 18.2. The summed E-state index contributed by atoms with van der Waals surface area (Å²) in [5.41, 5.74) is 2.22. The lowest BCUT2D eigenvalue weighted by atomic mass is 9.84. The van der Waals surface area contributed by atoms with Gasteiger partial charge in [0.2, 0.25) is 5.91 Å². The molecule has 3 rings (SSSR count). The van der Waals surface area contributed by atoms with Crippen LogP contribution in [-0.2, 0) is 4.79 Å². The van der Waals surface area contributed by atoms with Crippen molar-refractivity contribution in [3.05, 3.63) is 40.4 Å². The molecule has 1 unspecified atom stereocenters. The molecule has 0 radical (unpaired) electrons. The van der Waals surface area contributed by atoms with E-state index in [0.717, 1.165) is 11.1 Å². The highest BCUT2D eigenvalue weighted by molar-refractivity contribution is 6.32. The van der Waals surface area contributed by atoms with Gasteiger partial charge in [-0.05, 0) is 24.6 Å². The fraction of sp³-hybridized carbons (Fsp3) is 0.316. The van der Waals surface area contributed by atoms with Gasteiger partial charge in [-0.25, -0.2) is 0 Å². The molecule has 0 aromatic heterocycles. The molecule has 1 aliphatic heterocycles. The van der Waals surface area contributed by atoms with E-state index < -0.39 is 0 Å². The Morgan fingerprint density at radius 3 is 2.62 bits per heavy atom. The number of fused-ring (bicyclic) bond motifs is 1. The average molecular weight is 378 g/mol. The predicted octanol–water partition coefficient (Wildman–Crippen LogP) is 3.94. The maximum atomic E-state index is 12.3. The number of rotatable bonds is 5. The number of carbonyl (C=O) groups is 1. The minimum atomic E-state index is -0.295. The number of phenolic OH excluding ortho intramolecular Hbond substituents is 1. The quantitative estimate of drug-likeness (QED) is 0.825. The number of benzene rings is 2. The number of aromatic hydroxyl groups is 1. The largest absolute Gasteiger partial charge is 0.503 e. The predicted molar refractivity (Wildman–Crippen MR) is 98.9 cm³/mol. The number of methoxy groups -OCH3 is 2. The minimum Gasteiger partial charge on any atom is -0.503 e. The average Bonchev–Trinajstić information content (AvgIpc) is 2.63. The Morgan fingerprint density at radius 1 is 1.19 bits per heavy atom. The van der Waals surface area contributed by atoms with Gasteiger partial charge in [-0.3, -0.25) is 4.79 Å². The van der Waals surface area contributed by atoms with Crippen LogP contribution in [0.4, 0.5) is 5.69 Å². The fourth-order valence-electron chi connectivity index (χ4n) is 3.18. The molecule has 1 heterocycles. The first-order valence-electron chi connectivity index (χ1n) is 8.19. The molecular formula is C19H20ClNO5. The summed E-state index contributed by atoms with van der Waals surface area (Å²) in [6.45, 7) is 2.20. The van der Waals surface area contributed by atoms with E-state index >= 15 is 0 Å². The van der Waals surface area contributed by atoms with E-state index in [9.17, 15) is 9.90 Å². The number of ether oxygens (including phenoxy) is 3. The first-order valence-corrected chi connectivity index (χ1v) is 8.57. The van der Waals surface area contributed by atoms with Gasteiger partial charge in [0.05, 0.1) is 31.5 Å². The van der Waals surface area contributed by atoms with Crippen LogP contribution in [0, 0.1) is 0 Å². The molecular weight excluding hydrogens is 358 g/mol. The number of amides is 1. The molecule has 7 heteroatoms. The normalized spacial score (nSPS) is 15.8. The molecule has 0 aliphatic carbocycles. The van der Waals surface area contributed by atoms with Crippen molar-refractivity contribution in [2.45, 2.75) is 19.3 Å². The van der Waals surface area contributed by atoms with Crippen LogP contribution in [0.2, 0.25) is 5.02 Å². The number of nitrogens with one attached hydrogen (secondary N) is 1. The van der Waals surface area contributed by atoms with E-state index in [1.54, 1.807) is 38.5 Å². The number of hydrogen-bond donors (Lipinski definition) is 2. The third-order valence-electron chi connectivity index (χ3n) is 4.34. The second kappa shape index (κ2) is 7.33. The summed E-state index contributed by atoms with van der Waals surface area (Å²) in [5.74, 6) is 0.943. The Morgan fingerprint density at radius 2 is 1.96 bits per heavy atom. The van der Waals surface area contributed by atoms with E-state index in [2.05, 4.69) is 5.32 Å². The van der Waals surface area contributed by atoms with Gasteiger partial charge in [-0.15, -0.1) is 0 Å². The molecule has 0 saturated heterocycles. The highest BCUT2D eigenvalue weighted by Crippen LogP contribution is 2.47. The third-order valence-corrected chi connectivity index (χ3v) is 4.62. The van der Waals surface area contributed by atoms with Gasteiger partial charge in [0.15, 0.2) is 11.5 Å². The number of phenols is 1. The molecule has 0 saturated carbocycles. The Hall–Kier alpha value is -2.60. The smallest absolute Gasteiger partial charge is 0.225 e. The molecule has 2 N–H and O–H groups in total. The molecule has 6 nitrogen and oxygen atoms in total. The highest BCUT2D eigenvalue weighted by Gasteiger charge is 2.31. The van der Waals surface area contributed by atoms with Crippen LogP contribution < -0.4 is 19.5 Å². The lowest BCUT2D eigenvalue weighted by Gasteiger charge is -2.28. The molecule has 1 atom stereocenters. The zero-order chi connectivity index (χ0) is 18.8. The molecule has 1 aliphatic rings. The van der Waals surface area contributed by atoms with Crippen LogP contribution in [0.15, 0.2) is 24.3 Å². The molecule has 138 valence electrons. The van der Waals surface area contributed by atoms with Crippen molar-refractivity contribution in [2.75, 3.05) is 26.1 Å². The van der Waals surface area contributed by atoms with Crippen LogP contribution in [-0.4, -0.2) is 31.8 Å². The van der Waals surface area contributed by atoms with Crippen LogP contribution in [0.25, 0.3) is 0 Å². The van der Waals surface area contributed by atoms with Gasteiger partial charge < -0.3 is 24.6 Å². The highest BCUT2D eigenvalue weighted by atomic mass is 35.5. The van der Waals surface area contributed by atoms with Crippen LogP contribution >= 0.6 is 11.6 Å². The topological polar surface area (TPSA) is 77.0 Å². The zero-order valence-electron chi connectivity index (χ0n) is 14.8. The number of anilines is 1. The van der Waals surface area contributed by atoms with E-state index in [1.165, 1.54) is 0 Å². The van der Waals surface area contributed by atoms with Crippen molar-refractivity contribution in [2.24, 2.45) is 0 Å². The number of halogens is 1. The van der Waals surface area contributed by atoms with E-state index in [1.807, 2.05) is 6.92 Å². The Balaban J connectivity index is 2.17. The van der Waals surface area contributed by atoms with Gasteiger partial charge >= 0.3 is 0 Å². The Bertz CT molecular complexity index is 852. The minimum absolute atomic E-state index is 0.112. The summed E-state index contributed by atoms with van der Waals surface area (Å²) in [6, 6.07) is 6.89. The van der Waals surface area contributed by atoms with Gasteiger partial charge in [-0.1, -0.05) is 11.6 Å². The summed E-state index contributed by atoms with van der Waals surface area (Å²) >= 11 is 6.18. The SMILES string of the molecule is CCOc1cc(C2CC(=O)Nc3cc(OC)cc(OC)c32)cc(Cl)c1O. The Labute approximate surface area is 156 Å². The standard InChI is InChI=1S/C19H20ClNO5/c1-4-26-16-6-10(5-13(20)19(16)23)12-9-17(22)21-14-7-11(24-2)8-15(25-3)18(12)14/h5-8,12,23H,4,9H2,1-3H3,(H,21,22). The molecule has 0 fully saturated rings. The third kappa shape index (κ3) is 3.24. The van der Waals surface area contributed by atoms with Crippen LogP contribution in [0.1, 0.15) is 30.4 Å². The van der Waals surface area contributed by atoms with E-state index in [0.29, 0.717) is 23.8 Å². The van der Waals surface area contributed by atoms with Gasteiger partial charge in [0.1, 0.15) is 11.5 Å². The van der Waals surface area contributed by atoms with Crippen molar-refractivity contribution in [1.29, 1.82) is 0 Å². The lowest BCUT2D eigenvalue weighted by molar-refractivity contribution is -0.116. The molecule has 1 amide bonds. The van der Waals surface area contributed by atoms with Gasteiger partial charge in [-0.2, -0.15) is 0 Å². The monoisotopic (exact) mass is 377 g/mol. The number of hydrogen-bond acceptors (Lipinski definition) is 5. The van der Waals surface area contributed by atoms with Crippen LogP contribution in [0.3, 0.4) is 0 Å². The second-order valence-electron chi connectivity index (χ2n) is 5.88. The summed E-state index contributed by atoms with van der Waals surface area (Å²) in [6.07, 6.45) is 0.225. The van der Waals surface area contributed by atoms with Crippen molar-refractivity contribution in [1.82, 2.24) is 0 Å². The van der Waals surface area contributed by atoms with Crippen molar-refractivity contribution in [3.63, 3.8) is 0 Å². The van der Waals surface area contributed by atoms with Crippen LogP contribution in [0.5, 0.6) is 23.0 Å². The molecule has 2 aromatic carbocycles. The lowest BCUT2D eigenvalue weighted by Crippen LogP contribution is -2.24. The molecule has 2 aromatic rings. The van der Waals surface area contributed by atoms with Crippen molar-refractivity contribution >= 4 is 23.2 Å². The second-order valence-corrected chi connectivity index (χ2v) is 6.29. The summed E-state index contributed by atoms with van der Waals surface area (Å²) in [5, 5.41) is 13.1. The summed E-state index contributed by atoms with van der Waals surface area (Å²) in [4.78, 5) is 12.3. The van der Waals surface area contributed by atoms with Crippen molar-refractivity contribution in [3.8, 4) is 23.0 Å². The van der Waals surface area contributed by atoms with Crippen molar-refractivity contribution < 1.29 is 24.1 Å². The number of carbonyl (C=O) groups excluding carboxylic acids is 1. The molecule has 0 bridgehead atoms. The zero-order valence-corrected chi connectivity index (χ0v) is 15.5. The molecule has 26 heavy (non-hydrogen) atoms.